The van der Waals surface area contributed by atoms with Crippen molar-refractivity contribution in [3.05, 3.63) is 11.8 Å². The summed E-state index contributed by atoms with van der Waals surface area (Å²) < 4.78 is 0. The van der Waals surface area contributed by atoms with E-state index in [4.69, 9.17) is 0 Å². The lowest BCUT2D eigenvalue weighted by molar-refractivity contribution is 0.176. The van der Waals surface area contributed by atoms with Crippen molar-refractivity contribution >= 4 is 0 Å². The number of rotatable bonds is 2. The molecule has 0 aromatic carbocycles. The number of hydrogen-bond acceptors (Lipinski definition) is 1. The van der Waals surface area contributed by atoms with Crippen LogP contribution >= 0.6 is 0 Å². The Bertz CT molecular complexity index is 242. The summed E-state index contributed by atoms with van der Waals surface area (Å²) >= 11 is 0. The van der Waals surface area contributed by atoms with Gasteiger partial charge in [-0.3, -0.25) is 0 Å². The fourth-order valence-electron chi connectivity index (χ4n) is 3.28. The first-order valence-corrected chi connectivity index (χ1v) is 6.69. The maximum atomic E-state index is 3.82. The fourth-order valence-corrected chi connectivity index (χ4v) is 3.28. The molecule has 3 atom stereocenters. The zero-order valence-electron chi connectivity index (χ0n) is 10.4. The summed E-state index contributed by atoms with van der Waals surface area (Å²) in [5.74, 6) is 2.52. The number of fused-ring (bicyclic) bond motifs is 1. The normalized spacial score (nSPS) is 35.7. The highest BCUT2D eigenvalue weighted by molar-refractivity contribution is 5.11. The van der Waals surface area contributed by atoms with Gasteiger partial charge in [0.25, 0.3) is 0 Å². The molecule has 15 heavy (non-hydrogen) atoms. The minimum atomic E-state index is 0.672. The average molecular weight is 207 g/mol. The molecule has 1 heteroatoms. The Labute approximate surface area is 94.3 Å². The molecule has 1 heterocycles. The Hall–Kier alpha value is -0.460. The van der Waals surface area contributed by atoms with Crippen LogP contribution in [0.4, 0.5) is 0 Å². The molecule has 86 valence electrons. The van der Waals surface area contributed by atoms with Crippen molar-refractivity contribution in [2.75, 3.05) is 0 Å². The third-order valence-electron chi connectivity index (χ3n) is 4.29. The molecule has 0 saturated heterocycles. The predicted octanol–water partition coefficient (Wildman–Crippen LogP) is 3.71. The molecule has 2 aliphatic rings. The Morgan fingerprint density at radius 3 is 2.87 bits per heavy atom. The molecular weight excluding hydrogens is 182 g/mol. The van der Waals surface area contributed by atoms with Gasteiger partial charge in [0.2, 0.25) is 0 Å². The zero-order valence-corrected chi connectivity index (χ0v) is 10.4. The Kier molecular flexibility index (Phi) is 3.38. The maximum absolute atomic E-state index is 3.82. The molecular formula is C14H25N. The van der Waals surface area contributed by atoms with Crippen LogP contribution in [0.1, 0.15) is 52.9 Å². The quantitative estimate of drug-likeness (QED) is 0.728. The highest BCUT2D eigenvalue weighted by Crippen LogP contribution is 2.37. The molecule has 1 nitrogen and oxygen atoms in total. The summed E-state index contributed by atoms with van der Waals surface area (Å²) in [5, 5.41) is 3.82. The van der Waals surface area contributed by atoms with Gasteiger partial charge in [0.15, 0.2) is 0 Å². The van der Waals surface area contributed by atoms with Gasteiger partial charge in [-0.05, 0) is 37.0 Å². The predicted molar refractivity (Wildman–Crippen MR) is 65.6 cm³/mol. The molecule has 0 spiro atoms. The van der Waals surface area contributed by atoms with E-state index in [1.807, 2.05) is 0 Å². The average Bonchev–Trinajstić information content (AvgIpc) is 2.27. The summed E-state index contributed by atoms with van der Waals surface area (Å²) in [6.45, 7) is 6.94. The van der Waals surface area contributed by atoms with E-state index in [-0.39, 0.29) is 0 Å². The first-order chi connectivity index (χ1) is 7.22. The minimum absolute atomic E-state index is 0.672. The third-order valence-corrected chi connectivity index (χ3v) is 4.29. The van der Waals surface area contributed by atoms with Crippen LogP contribution in [0, 0.1) is 17.8 Å². The van der Waals surface area contributed by atoms with Gasteiger partial charge in [0.1, 0.15) is 0 Å². The zero-order chi connectivity index (χ0) is 10.8. The monoisotopic (exact) mass is 207 g/mol. The Morgan fingerprint density at radius 2 is 2.20 bits per heavy atom. The van der Waals surface area contributed by atoms with Crippen molar-refractivity contribution in [2.24, 2.45) is 17.8 Å². The van der Waals surface area contributed by atoms with Crippen molar-refractivity contribution < 1.29 is 0 Å². The second-order valence-electron chi connectivity index (χ2n) is 5.58. The SMILES string of the molecule is CC[C@H]1CCCC2CC=C(C(C)C)NC21. The van der Waals surface area contributed by atoms with E-state index in [9.17, 15) is 0 Å². The Morgan fingerprint density at radius 1 is 1.40 bits per heavy atom. The molecule has 2 unspecified atom stereocenters. The van der Waals surface area contributed by atoms with Gasteiger partial charge < -0.3 is 5.32 Å². The molecule has 1 saturated carbocycles. The first kappa shape index (κ1) is 11.0. The number of nitrogens with one attached hydrogen (secondary N) is 1. The van der Waals surface area contributed by atoms with Crippen LogP contribution in [-0.2, 0) is 0 Å². The van der Waals surface area contributed by atoms with Gasteiger partial charge in [-0.25, -0.2) is 0 Å². The van der Waals surface area contributed by atoms with Crippen molar-refractivity contribution in [1.29, 1.82) is 0 Å². The van der Waals surface area contributed by atoms with Gasteiger partial charge in [-0.2, -0.15) is 0 Å². The fraction of sp³-hybridized carbons (Fsp3) is 0.857. The topological polar surface area (TPSA) is 12.0 Å². The molecule has 0 amide bonds. The van der Waals surface area contributed by atoms with E-state index >= 15 is 0 Å². The molecule has 0 radical (unpaired) electrons. The smallest absolute Gasteiger partial charge is 0.0317 e. The summed E-state index contributed by atoms with van der Waals surface area (Å²) in [6.07, 6.45) is 9.45. The van der Waals surface area contributed by atoms with Crippen molar-refractivity contribution in [2.45, 2.75) is 58.9 Å². The van der Waals surface area contributed by atoms with E-state index in [0.717, 1.165) is 17.9 Å². The summed E-state index contributed by atoms with van der Waals surface area (Å²) in [7, 11) is 0. The standard InChI is InChI=1S/C14H25N/c1-4-11-6-5-7-12-8-9-13(10(2)3)15-14(11)12/h9-12,14-15H,4-8H2,1-3H3/t11-,12?,14?/m0/s1. The van der Waals surface area contributed by atoms with Crippen molar-refractivity contribution in [3.63, 3.8) is 0 Å². The second-order valence-corrected chi connectivity index (χ2v) is 5.58. The van der Waals surface area contributed by atoms with Crippen LogP contribution < -0.4 is 5.32 Å². The second kappa shape index (κ2) is 4.59. The van der Waals surface area contributed by atoms with Gasteiger partial charge in [0, 0.05) is 11.7 Å². The van der Waals surface area contributed by atoms with Crippen LogP contribution in [0.3, 0.4) is 0 Å². The van der Waals surface area contributed by atoms with Gasteiger partial charge in [-0.15, -0.1) is 0 Å². The van der Waals surface area contributed by atoms with Crippen LogP contribution in [0.2, 0.25) is 0 Å². The van der Waals surface area contributed by atoms with E-state index in [1.54, 1.807) is 0 Å². The highest BCUT2D eigenvalue weighted by atomic mass is 15.0. The molecule has 0 bridgehead atoms. The van der Waals surface area contributed by atoms with Gasteiger partial charge >= 0.3 is 0 Å². The summed E-state index contributed by atoms with van der Waals surface area (Å²) in [6, 6.07) is 0.783. The van der Waals surface area contributed by atoms with Gasteiger partial charge in [0.05, 0.1) is 0 Å². The van der Waals surface area contributed by atoms with Crippen LogP contribution in [0.15, 0.2) is 11.8 Å². The third kappa shape index (κ3) is 2.21. The lowest BCUT2D eigenvalue weighted by Crippen LogP contribution is -2.47. The highest BCUT2D eigenvalue weighted by Gasteiger charge is 2.34. The van der Waals surface area contributed by atoms with Crippen LogP contribution in [0.25, 0.3) is 0 Å². The number of allylic oxidation sites excluding steroid dienone is 2. The lowest BCUT2D eigenvalue weighted by atomic mass is 9.72. The number of hydrogen-bond donors (Lipinski definition) is 1. The van der Waals surface area contributed by atoms with E-state index < -0.39 is 0 Å². The molecule has 1 N–H and O–H groups in total. The van der Waals surface area contributed by atoms with E-state index in [1.165, 1.54) is 37.8 Å². The molecule has 1 aliphatic heterocycles. The Balaban J connectivity index is 2.08. The van der Waals surface area contributed by atoms with Gasteiger partial charge in [-0.1, -0.05) is 39.7 Å². The van der Waals surface area contributed by atoms with Crippen LogP contribution in [0.5, 0.6) is 0 Å². The molecule has 1 aliphatic carbocycles. The molecule has 2 rings (SSSR count). The molecule has 1 fully saturated rings. The summed E-state index contributed by atoms with van der Waals surface area (Å²) in [4.78, 5) is 0. The maximum Gasteiger partial charge on any atom is 0.0317 e. The van der Waals surface area contributed by atoms with Crippen molar-refractivity contribution in [3.8, 4) is 0 Å². The molecule has 0 aromatic heterocycles. The van der Waals surface area contributed by atoms with E-state index in [2.05, 4.69) is 32.2 Å². The lowest BCUT2D eigenvalue weighted by Gasteiger charge is -2.42. The minimum Gasteiger partial charge on any atom is -0.385 e. The summed E-state index contributed by atoms with van der Waals surface area (Å²) in [5.41, 5.74) is 1.50. The van der Waals surface area contributed by atoms with Crippen molar-refractivity contribution in [1.82, 2.24) is 5.32 Å². The molecule has 0 aromatic rings. The largest absolute Gasteiger partial charge is 0.385 e. The van der Waals surface area contributed by atoms with Crippen LogP contribution in [-0.4, -0.2) is 6.04 Å². The van der Waals surface area contributed by atoms with E-state index in [0.29, 0.717) is 5.92 Å². The first-order valence-electron chi connectivity index (χ1n) is 6.69.